The molecule has 0 saturated heterocycles. The Labute approximate surface area is 335 Å². The molecule has 0 unspecified atom stereocenters. The molecule has 0 spiro atoms. The molecule has 1 aliphatic carbocycles. The van der Waals surface area contributed by atoms with Crippen molar-refractivity contribution in [1.29, 1.82) is 0 Å². The lowest BCUT2D eigenvalue weighted by molar-refractivity contribution is 0.650. The minimum absolute atomic E-state index is 0.616. The standard InChI is InChI=1S/C57H34O/c1-3-14-40(15-4-1)57(41-16-5-2-6-17-41)50-20-11-19-45(54(50)49-33-32-48-44-18-9-10-21-51(44)58-56(48)55(49)57)43-29-25-37-26-30-46-42(28-24-36-27-31-47(43)53(37)52(36)46)39-23-22-35-12-7-8-13-38(35)34-39/h1-34H. The van der Waals surface area contributed by atoms with Gasteiger partial charge in [-0.25, -0.2) is 0 Å². The molecule has 11 aromatic carbocycles. The Bertz CT molecular complexity index is 3570. The fourth-order valence-electron chi connectivity index (χ4n) is 10.7. The Morgan fingerprint density at radius 3 is 1.69 bits per heavy atom. The fraction of sp³-hybridized carbons (Fsp3) is 0.0175. The van der Waals surface area contributed by atoms with Gasteiger partial charge in [-0.1, -0.05) is 188 Å². The zero-order chi connectivity index (χ0) is 38.0. The molecule has 13 rings (SSSR count). The predicted molar refractivity (Wildman–Crippen MR) is 243 cm³/mol. The van der Waals surface area contributed by atoms with Gasteiger partial charge in [-0.05, 0) is 111 Å². The number of hydrogen-bond acceptors (Lipinski definition) is 1. The van der Waals surface area contributed by atoms with Crippen LogP contribution in [-0.2, 0) is 5.41 Å². The lowest BCUT2D eigenvalue weighted by atomic mass is 9.67. The van der Waals surface area contributed by atoms with Gasteiger partial charge >= 0.3 is 0 Å². The van der Waals surface area contributed by atoms with Gasteiger partial charge in [-0.2, -0.15) is 0 Å². The van der Waals surface area contributed by atoms with E-state index >= 15 is 0 Å². The maximum atomic E-state index is 6.99. The zero-order valence-corrected chi connectivity index (χ0v) is 31.5. The average molecular weight is 735 g/mol. The number of hydrogen-bond donors (Lipinski definition) is 0. The molecule has 0 radical (unpaired) electrons. The van der Waals surface area contributed by atoms with E-state index in [1.165, 1.54) is 98.7 Å². The molecule has 268 valence electrons. The second-order valence-electron chi connectivity index (χ2n) is 15.9. The second-order valence-corrected chi connectivity index (χ2v) is 15.9. The minimum Gasteiger partial charge on any atom is -0.456 e. The van der Waals surface area contributed by atoms with Crippen LogP contribution in [0.1, 0.15) is 22.3 Å². The van der Waals surface area contributed by atoms with E-state index in [0.717, 1.165) is 21.9 Å². The smallest absolute Gasteiger partial charge is 0.140 e. The van der Waals surface area contributed by atoms with E-state index in [0.29, 0.717) is 0 Å². The summed E-state index contributed by atoms with van der Waals surface area (Å²) in [5.74, 6) is 0. The quantitative estimate of drug-likeness (QED) is 0.164. The summed E-state index contributed by atoms with van der Waals surface area (Å²) in [7, 11) is 0. The highest BCUT2D eigenvalue weighted by Crippen LogP contribution is 2.61. The third-order valence-corrected chi connectivity index (χ3v) is 13.1. The van der Waals surface area contributed by atoms with Crippen LogP contribution in [0.25, 0.3) is 98.4 Å². The first kappa shape index (κ1) is 31.7. The molecule has 1 nitrogen and oxygen atoms in total. The van der Waals surface area contributed by atoms with E-state index in [2.05, 4.69) is 206 Å². The molecule has 12 aromatic rings. The second kappa shape index (κ2) is 11.8. The summed E-state index contributed by atoms with van der Waals surface area (Å²) in [6, 6.07) is 76.3. The molecule has 1 aromatic heterocycles. The van der Waals surface area contributed by atoms with Crippen LogP contribution >= 0.6 is 0 Å². The van der Waals surface area contributed by atoms with Crippen molar-refractivity contribution in [3.05, 3.63) is 229 Å². The van der Waals surface area contributed by atoms with Gasteiger partial charge in [0.25, 0.3) is 0 Å². The van der Waals surface area contributed by atoms with Crippen LogP contribution in [0, 0.1) is 0 Å². The van der Waals surface area contributed by atoms with E-state index in [1.54, 1.807) is 0 Å². The van der Waals surface area contributed by atoms with Crippen molar-refractivity contribution < 1.29 is 4.42 Å². The van der Waals surface area contributed by atoms with Gasteiger partial charge in [0.1, 0.15) is 11.2 Å². The summed E-state index contributed by atoms with van der Waals surface area (Å²) in [5, 5.41) is 12.5. The molecule has 0 N–H and O–H groups in total. The van der Waals surface area contributed by atoms with Gasteiger partial charge in [0.05, 0.1) is 5.41 Å². The molecule has 1 heterocycles. The fourth-order valence-corrected chi connectivity index (χ4v) is 10.7. The zero-order valence-electron chi connectivity index (χ0n) is 31.5. The molecule has 0 saturated carbocycles. The van der Waals surface area contributed by atoms with Crippen molar-refractivity contribution in [2.24, 2.45) is 0 Å². The average Bonchev–Trinajstić information content (AvgIpc) is 3.83. The van der Waals surface area contributed by atoms with Crippen LogP contribution in [-0.4, -0.2) is 0 Å². The Morgan fingerprint density at radius 1 is 0.345 bits per heavy atom. The summed E-state index contributed by atoms with van der Waals surface area (Å²) in [6.07, 6.45) is 0. The maximum absolute atomic E-state index is 6.99. The Kier molecular flexibility index (Phi) is 6.43. The normalized spacial score (nSPS) is 13.3. The van der Waals surface area contributed by atoms with Crippen LogP contribution in [0.4, 0.5) is 0 Å². The SMILES string of the molecule is c1ccc(C2(c3ccccc3)c3cccc(-c4ccc5ccc6c(-c7ccc8ccccc8c7)ccc7ccc4c5c76)c3-c3ccc4c(oc5ccccc54)c32)cc1. The third-order valence-electron chi connectivity index (χ3n) is 13.1. The van der Waals surface area contributed by atoms with E-state index < -0.39 is 5.41 Å². The van der Waals surface area contributed by atoms with Crippen molar-refractivity contribution in [3.8, 4) is 33.4 Å². The number of fused-ring (bicyclic) bond motifs is 8. The van der Waals surface area contributed by atoms with Gasteiger partial charge in [0.15, 0.2) is 0 Å². The summed E-state index contributed by atoms with van der Waals surface area (Å²) in [5.41, 5.74) is 13.6. The van der Waals surface area contributed by atoms with Crippen LogP contribution in [0.5, 0.6) is 0 Å². The Morgan fingerprint density at radius 2 is 0.931 bits per heavy atom. The minimum atomic E-state index is -0.616. The van der Waals surface area contributed by atoms with Gasteiger partial charge in [-0.3, -0.25) is 0 Å². The summed E-state index contributed by atoms with van der Waals surface area (Å²) in [4.78, 5) is 0. The molecule has 58 heavy (non-hydrogen) atoms. The van der Waals surface area contributed by atoms with Crippen molar-refractivity contribution in [3.63, 3.8) is 0 Å². The van der Waals surface area contributed by atoms with Gasteiger partial charge in [0.2, 0.25) is 0 Å². The van der Waals surface area contributed by atoms with Crippen LogP contribution in [0.2, 0.25) is 0 Å². The van der Waals surface area contributed by atoms with Crippen molar-refractivity contribution in [2.45, 2.75) is 5.41 Å². The molecule has 0 atom stereocenters. The first-order valence-electron chi connectivity index (χ1n) is 20.2. The third kappa shape index (κ3) is 4.15. The lowest BCUT2D eigenvalue weighted by Gasteiger charge is -2.33. The van der Waals surface area contributed by atoms with E-state index in [-0.39, 0.29) is 0 Å². The summed E-state index contributed by atoms with van der Waals surface area (Å²) < 4.78 is 6.99. The largest absolute Gasteiger partial charge is 0.456 e. The van der Waals surface area contributed by atoms with Crippen LogP contribution in [0.3, 0.4) is 0 Å². The van der Waals surface area contributed by atoms with Crippen molar-refractivity contribution >= 4 is 65.0 Å². The van der Waals surface area contributed by atoms with Crippen LogP contribution < -0.4 is 0 Å². The predicted octanol–water partition coefficient (Wildman–Crippen LogP) is 15.3. The van der Waals surface area contributed by atoms with Crippen LogP contribution in [0.15, 0.2) is 211 Å². The Balaban J connectivity index is 1.13. The molecule has 0 aliphatic heterocycles. The van der Waals surface area contributed by atoms with Gasteiger partial charge in [-0.15, -0.1) is 0 Å². The van der Waals surface area contributed by atoms with Gasteiger partial charge < -0.3 is 4.42 Å². The molecule has 0 fully saturated rings. The van der Waals surface area contributed by atoms with Crippen molar-refractivity contribution in [2.75, 3.05) is 0 Å². The first-order chi connectivity index (χ1) is 28.8. The highest BCUT2D eigenvalue weighted by atomic mass is 16.3. The maximum Gasteiger partial charge on any atom is 0.140 e. The molecular weight excluding hydrogens is 701 g/mol. The first-order valence-corrected chi connectivity index (χ1v) is 20.2. The highest BCUT2D eigenvalue weighted by molar-refractivity contribution is 6.28. The summed E-state index contributed by atoms with van der Waals surface area (Å²) >= 11 is 0. The summed E-state index contributed by atoms with van der Waals surface area (Å²) in [6.45, 7) is 0. The number of rotatable bonds is 4. The van der Waals surface area contributed by atoms with E-state index in [9.17, 15) is 0 Å². The lowest BCUT2D eigenvalue weighted by Crippen LogP contribution is -2.28. The number of para-hydroxylation sites is 1. The monoisotopic (exact) mass is 734 g/mol. The molecular formula is C57H34O. The molecule has 1 aliphatic rings. The highest BCUT2D eigenvalue weighted by Gasteiger charge is 2.49. The molecule has 1 heteroatoms. The van der Waals surface area contributed by atoms with E-state index in [4.69, 9.17) is 4.42 Å². The number of benzene rings is 11. The molecule has 0 amide bonds. The van der Waals surface area contributed by atoms with Gasteiger partial charge in [0, 0.05) is 16.3 Å². The molecule has 0 bridgehead atoms. The van der Waals surface area contributed by atoms with Crippen molar-refractivity contribution in [1.82, 2.24) is 0 Å². The Hall–Kier alpha value is -7.48. The topological polar surface area (TPSA) is 13.1 Å². The van der Waals surface area contributed by atoms with E-state index in [1.807, 2.05) is 0 Å². The number of furan rings is 1.